The fourth-order valence-corrected chi connectivity index (χ4v) is 10.7. The van der Waals surface area contributed by atoms with Crippen LogP contribution >= 0.6 is 0 Å². The van der Waals surface area contributed by atoms with Gasteiger partial charge in [0.05, 0.1) is 0 Å². The van der Waals surface area contributed by atoms with Crippen LogP contribution in [0.1, 0.15) is 224 Å². The number of hydrogen-bond acceptors (Lipinski definition) is 0. The lowest BCUT2D eigenvalue weighted by Crippen LogP contribution is -2.43. The molecule has 0 nitrogen and oxygen atoms in total. The van der Waals surface area contributed by atoms with Gasteiger partial charge >= 0.3 is 0 Å². The van der Waals surface area contributed by atoms with E-state index in [2.05, 4.69) is 83.1 Å². The van der Waals surface area contributed by atoms with Crippen molar-refractivity contribution in [1.82, 2.24) is 0 Å². The third kappa shape index (κ3) is 10.5. The summed E-state index contributed by atoms with van der Waals surface area (Å²) in [6.45, 7) is 28.9. The van der Waals surface area contributed by atoms with Crippen molar-refractivity contribution in [1.29, 1.82) is 0 Å². The summed E-state index contributed by atoms with van der Waals surface area (Å²) in [5, 5.41) is 0. The maximum Gasteiger partial charge on any atom is -0.0249 e. The molecule has 0 aromatic heterocycles. The highest BCUT2D eigenvalue weighted by atomic mass is 14.5. The molecule has 0 aliphatic heterocycles. The van der Waals surface area contributed by atoms with Crippen LogP contribution in [0.15, 0.2) is 0 Å². The van der Waals surface area contributed by atoms with E-state index in [9.17, 15) is 0 Å². The maximum atomic E-state index is 2.44. The Balaban J connectivity index is 0.000000161. The Labute approximate surface area is 279 Å². The molecule has 8 aliphatic rings. The van der Waals surface area contributed by atoms with Crippen molar-refractivity contribution in [3.8, 4) is 0 Å². The fourth-order valence-electron chi connectivity index (χ4n) is 10.7. The van der Waals surface area contributed by atoms with Gasteiger partial charge in [0, 0.05) is 0 Å². The predicted octanol–water partition coefficient (Wildman–Crippen LogP) is 15.2. The maximum absolute atomic E-state index is 2.44. The number of fused-ring (bicyclic) bond motifs is 6. The van der Waals surface area contributed by atoms with Crippen molar-refractivity contribution < 1.29 is 0 Å². The molecular weight excluding hydrogens is 528 g/mol. The molecule has 0 heteroatoms. The first-order valence-electron chi connectivity index (χ1n) is 20.3. The molecule has 8 saturated carbocycles. The van der Waals surface area contributed by atoms with Crippen molar-refractivity contribution in [2.24, 2.45) is 56.2 Å². The molecule has 8 aliphatic carbocycles. The second-order valence-electron chi connectivity index (χ2n) is 21.4. The first-order valence-corrected chi connectivity index (χ1v) is 20.3. The summed E-state index contributed by atoms with van der Waals surface area (Å²) < 4.78 is 0. The van der Waals surface area contributed by atoms with Gasteiger partial charge in [0.15, 0.2) is 0 Å². The van der Waals surface area contributed by atoms with Gasteiger partial charge in [-0.1, -0.05) is 122 Å². The van der Waals surface area contributed by atoms with E-state index >= 15 is 0 Å². The smallest absolute Gasteiger partial charge is 0.0249 e. The van der Waals surface area contributed by atoms with Crippen molar-refractivity contribution in [3.05, 3.63) is 0 Å². The van der Waals surface area contributed by atoms with Crippen molar-refractivity contribution >= 4 is 0 Å². The molecule has 0 heterocycles. The number of rotatable bonds is 0. The van der Waals surface area contributed by atoms with Crippen LogP contribution in [0.3, 0.4) is 0 Å². The highest BCUT2D eigenvalue weighted by Crippen LogP contribution is 2.59. The molecule has 0 amide bonds. The molecule has 0 saturated heterocycles. The van der Waals surface area contributed by atoms with E-state index in [1.54, 1.807) is 0 Å². The van der Waals surface area contributed by atoms with E-state index in [1.807, 2.05) is 0 Å². The van der Waals surface area contributed by atoms with Crippen LogP contribution in [0.25, 0.3) is 0 Å². The first-order chi connectivity index (χ1) is 20.3. The van der Waals surface area contributed by atoms with Crippen LogP contribution in [0.2, 0.25) is 0 Å². The molecule has 0 aromatic rings. The Morgan fingerprint density at radius 3 is 0.682 bits per heavy atom. The summed E-state index contributed by atoms with van der Waals surface area (Å²) in [5.41, 5.74) is 3.70. The van der Waals surface area contributed by atoms with Crippen LogP contribution in [0.4, 0.5) is 0 Å². The molecule has 0 radical (unpaired) electrons. The van der Waals surface area contributed by atoms with Gasteiger partial charge in [0.1, 0.15) is 0 Å². The summed E-state index contributed by atoms with van der Waals surface area (Å²) in [4.78, 5) is 0. The topological polar surface area (TPSA) is 0 Å². The largest absolute Gasteiger partial charge is 0.0599 e. The first kappa shape index (κ1) is 38.4. The van der Waals surface area contributed by atoms with E-state index in [1.165, 1.54) is 141 Å². The molecule has 4 bridgehead atoms. The normalized spacial score (nSPS) is 33.3. The van der Waals surface area contributed by atoms with E-state index in [-0.39, 0.29) is 0 Å². The van der Waals surface area contributed by atoms with E-state index < -0.39 is 0 Å². The molecule has 8 rings (SSSR count). The van der Waals surface area contributed by atoms with Gasteiger partial charge in [-0.3, -0.25) is 0 Å². The zero-order valence-corrected chi connectivity index (χ0v) is 32.9. The van der Waals surface area contributed by atoms with Crippen LogP contribution in [-0.2, 0) is 0 Å². The minimum absolute atomic E-state index is 0.554. The second-order valence-corrected chi connectivity index (χ2v) is 21.4. The molecule has 0 aromatic carbocycles. The van der Waals surface area contributed by atoms with E-state index in [0.29, 0.717) is 21.7 Å². The van der Waals surface area contributed by atoms with Crippen molar-refractivity contribution in [2.75, 3.05) is 0 Å². The molecular formula is C44H84. The highest BCUT2D eigenvalue weighted by molar-refractivity contribution is 4.99. The van der Waals surface area contributed by atoms with Crippen molar-refractivity contribution in [3.63, 3.8) is 0 Å². The predicted molar refractivity (Wildman–Crippen MR) is 198 cm³/mol. The highest BCUT2D eigenvalue weighted by Gasteiger charge is 2.48. The Morgan fingerprint density at radius 2 is 0.545 bits per heavy atom. The molecule has 0 unspecified atom stereocenters. The molecule has 44 heavy (non-hydrogen) atoms. The van der Waals surface area contributed by atoms with Gasteiger partial charge < -0.3 is 0 Å². The lowest BCUT2D eigenvalue weighted by Gasteiger charge is -2.54. The average Bonchev–Trinajstić information content (AvgIpc) is 2.99. The average molecular weight is 613 g/mol. The summed E-state index contributed by atoms with van der Waals surface area (Å²) >= 11 is 0. The summed E-state index contributed by atoms with van der Waals surface area (Å²) in [6, 6.07) is 0. The van der Waals surface area contributed by atoms with Gasteiger partial charge in [0.2, 0.25) is 0 Å². The monoisotopic (exact) mass is 613 g/mol. The summed E-state index contributed by atoms with van der Waals surface area (Å²) in [5.74, 6) is 4.21. The Morgan fingerprint density at radius 1 is 0.318 bits per heavy atom. The molecule has 0 spiro atoms. The number of hydrogen-bond donors (Lipinski definition) is 0. The van der Waals surface area contributed by atoms with Crippen LogP contribution < -0.4 is 0 Å². The van der Waals surface area contributed by atoms with Crippen LogP contribution in [0, 0.1) is 56.2 Å². The summed E-state index contributed by atoms with van der Waals surface area (Å²) in [7, 11) is 0. The molecule has 260 valence electrons. The van der Waals surface area contributed by atoms with Crippen LogP contribution in [0.5, 0.6) is 0 Å². The standard InChI is InChI=1S/2C12H22.2C10H20/c2*1-11(2,3)12-7-4-10(5-8-12)6-9-12;2*1-10(2,3)9-7-5-4-6-8-9/h2*10H,4-9H2,1-3H3;2*9H,4-8H2,1-3H3. The fraction of sp³-hybridized carbons (Fsp3) is 1.00. The van der Waals surface area contributed by atoms with E-state index in [4.69, 9.17) is 0 Å². The summed E-state index contributed by atoms with van der Waals surface area (Å²) in [6.07, 6.45) is 33.0. The SMILES string of the molecule is CC(C)(C)C12CCC(CC1)CC2.CC(C)(C)C12CCC(CC1)CC2.CC(C)(C)C1CCCCC1.CC(C)(C)C1CCCCC1. The zero-order valence-electron chi connectivity index (χ0n) is 32.9. The van der Waals surface area contributed by atoms with Gasteiger partial charge in [-0.05, 0) is 159 Å². The van der Waals surface area contributed by atoms with Crippen LogP contribution in [-0.4, -0.2) is 0 Å². The van der Waals surface area contributed by atoms with Gasteiger partial charge in [-0.25, -0.2) is 0 Å². The van der Waals surface area contributed by atoms with Crippen molar-refractivity contribution in [2.45, 2.75) is 224 Å². The van der Waals surface area contributed by atoms with E-state index in [0.717, 1.165) is 34.5 Å². The second kappa shape index (κ2) is 15.5. The van der Waals surface area contributed by atoms with Gasteiger partial charge in [-0.2, -0.15) is 0 Å². The Bertz CT molecular complexity index is 691. The lowest BCUT2D eigenvalue weighted by molar-refractivity contribution is -0.0317. The van der Waals surface area contributed by atoms with Gasteiger partial charge in [0.25, 0.3) is 0 Å². The van der Waals surface area contributed by atoms with Gasteiger partial charge in [-0.15, -0.1) is 0 Å². The third-order valence-electron chi connectivity index (χ3n) is 15.0. The lowest BCUT2D eigenvalue weighted by atomic mass is 9.51. The Hall–Kier alpha value is 0. The molecule has 0 N–H and O–H groups in total. The quantitative estimate of drug-likeness (QED) is 0.255. The molecule has 8 fully saturated rings. The molecule has 0 atom stereocenters. The minimum atomic E-state index is 0.554. The zero-order chi connectivity index (χ0) is 32.9. The third-order valence-corrected chi connectivity index (χ3v) is 15.0. The Kier molecular flexibility index (Phi) is 13.5. The minimum Gasteiger partial charge on any atom is -0.0599 e.